The number of likely N-dealkylation sites (tertiary alicyclic amines) is 1. The van der Waals surface area contributed by atoms with Crippen LogP contribution in [0.1, 0.15) is 17.7 Å². The number of nitrogens with zero attached hydrogens (tertiary/aromatic N) is 3. The van der Waals surface area contributed by atoms with Crippen LogP contribution in [0, 0.1) is 6.92 Å². The number of rotatable bonds is 1. The monoisotopic (exact) mass is 383 g/mol. The SMILES string of the molecule is Cc1cn(-c2ccc3c(c2)OC(F)(F)O3)/c(=N/C(=S)N2CCCC2)s1. The van der Waals surface area contributed by atoms with Crippen LogP contribution in [-0.4, -0.2) is 34.0 Å². The number of ether oxygens (including phenoxy) is 2. The lowest BCUT2D eigenvalue weighted by atomic mass is 10.3. The van der Waals surface area contributed by atoms with Crippen molar-refractivity contribution in [3.8, 4) is 17.2 Å². The number of hydrogen-bond donors (Lipinski definition) is 0. The van der Waals surface area contributed by atoms with Crippen molar-refractivity contribution in [2.75, 3.05) is 13.1 Å². The Morgan fingerprint density at radius 1 is 1.24 bits per heavy atom. The molecule has 2 aliphatic heterocycles. The molecule has 2 aliphatic rings. The van der Waals surface area contributed by atoms with Crippen LogP contribution >= 0.6 is 23.6 Å². The van der Waals surface area contributed by atoms with E-state index < -0.39 is 6.29 Å². The van der Waals surface area contributed by atoms with E-state index >= 15 is 0 Å². The summed E-state index contributed by atoms with van der Waals surface area (Å²) >= 11 is 6.92. The van der Waals surface area contributed by atoms with Crippen LogP contribution < -0.4 is 14.3 Å². The molecule has 1 aromatic heterocycles. The second kappa shape index (κ2) is 6.06. The summed E-state index contributed by atoms with van der Waals surface area (Å²) in [5.41, 5.74) is 0.660. The van der Waals surface area contributed by atoms with E-state index in [1.165, 1.54) is 23.5 Å². The topological polar surface area (TPSA) is 39.0 Å². The summed E-state index contributed by atoms with van der Waals surface area (Å²) in [6.45, 7) is 3.80. The van der Waals surface area contributed by atoms with Crippen LogP contribution in [0.2, 0.25) is 0 Å². The Hall–Kier alpha value is -2.00. The van der Waals surface area contributed by atoms with E-state index in [-0.39, 0.29) is 11.5 Å². The van der Waals surface area contributed by atoms with E-state index in [1.54, 1.807) is 6.07 Å². The van der Waals surface area contributed by atoms with Gasteiger partial charge < -0.3 is 14.4 Å². The van der Waals surface area contributed by atoms with Crippen molar-refractivity contribution in [3.63, 3.8) is 0 Å². The maximum Gasteiger partial charge on any atom is 0.586 e. The largest absolute Gasteiger partial charge is 0.586 e. The number of alkyl halides is 2. The predicted octanol–water partition coefficient (Wildman–Crippen LogP) is 3.45. The number of thiazole rings is 1. The molecule has 9 heteroatoms. The Morgan fingerprint density at radius 2 is 1.96 bits per heavy atom. The smallest absolute Gasteiger partial charge is 0.395 e. The lowest BCUT2D eigenvalue weighted by molar-refractivity contribution is -0.286. The zero-order valence-corrected chi connectivity index (χ0v) is 15.0. The lowest BCUT2D eigenvalue weighted by Crippen LogP contribution is -2.27. The minimum absolute atomic E-state index is 0.00641. The molecule has 0 bridgehead atoms. The highest BCUT2D eigenvalue weighted by atomic mass is 32.1. The fourth-order valence-corrected chi connectivity index (χ4v) is 4.03. The lowest BCUT2D eigenvalue weighted by Gasteiger charge is -2.14. The van der Waals surface area contributed by atoms with Gasteiger partial charge in [0.1, 0.15) is 0 Å². The van der Waals surface area contributed by atoms with Crippen LogP contribution in [0.25, 0.3) is 5.69 Å². The van der Waals surface area contributed by atoms with Crippen molar-refractivity contribution in [2.45, 2.75) is 26.1 Å². The molecule has 25 heavy (non-hydrogen) atoms. The maximum atomic E-state index is 13.2. The molecule has 0 amide bonds. The standard InChI is InChI=1S/C16H15F2N3O2S2/c1-10-9-21(15(25-10)19-14(24)20-6-2-3-7-20)11-4-5-12-13(8-11)23-16(17,18)22-12/h4-5,8-9H,2-3,6-7H2,1H3/b19-15-. The van der Waals surface area contributed by atoms with E-state index in [0.29, 0.717) is 15.6 Å². The minimum Gasteiger partial charge on any atom is -0.395 e. The van der Waals surface area contributed by atoms with Crippen LogP contribution in [-0.2, 0) is 0 Å². The summed E-state index contributed by atoms with van der Waals surface area (Å²) in [7, 11) is 0. The Kier molecular flexibility index (Phi) is 3.99. The molecule has 0 spiro atoms. The summed E-state index contributed by atoms with van der Waals surface area (Å²) in [5.74, 6) is 0.0271. The fourth-order valence-electron chi connectivity index (χ4n) is 2.87. The first kappa shape index (κ1) is 16.5. The first-order chi connectivity index (χ1) is 11.9. The van der Waals surface area contributed by atoms with Gasteiger partial charge in [-0.15, -0.1) is 20.1 Å². The van der Waals surface area contributed by atoms with E-state index in [9.17, 15) is 8.78 Å². The van der Waals surface area contributed by atoms with Crippen LogP contribution in [0.15, 0.2) is 29.4 Å². The van der Waals surface area contributed by atoms with E-state index in [1.807, 2.05) is 17.7 Å². The number of aryl methyl sites for hydroxylation is 1. The third kappa shape index (κ3) is 3.25. The highest BCUT2D eigenvalue weighted by Crippen LogP contribution is 2.41. The van der Waals surface area contributed by atoms with Crippen molar-refractivity contribution in [1.29, 1.82) is 0 Å². The summed E-state index contributed by atoms with van der Waals surface area (Å²) in [6.07, 6.45) is 0.511. The van der Waals surface area contributed by atoms with Crippen molar-refractivity contribution in [2.24, 2.45) is 4.99 Å². The molecule has 0 radical (unpaired) electrons. The van der Waals surface area contributed by atoms with Crippen LogP contribution in [0.4, 0.5) is 8.78 Å². The molecule has 1 aromatic carbocycles. The zero-order valence-electron chi connectivity index (χ0n) is 13.4. The molecular formula is C16H15F2N3O2S2. The third-order valence-electron chi connectivity index (χ3n) is 4.00. The van der Waals surface area contributed by atoms with Gasteiger partial charge in [0, 0.05) is 30.2 Å². The predicted molar refractivity (Wildman–Crippen MR) is 93.6 cm³/mol. The van der Waals surface area contributed by atoms with E-state index in [4.69, 9.17) is 12.2 Å². The highest BCUT2D eigenvalue weighted by molar-refractivity contribution is 7.80. The maximum absolute atomic E-state index is 13.2. The molecule has 0 aliphatic carbocycles. The van der Waals surface area contributed by atoms with Gasteiger partial charge in [-0.25, -0.2) is 0 Å². The summed E-state index contributed by atoms with van der Waals surface area (Å²) < 4.78 is 37.2. The highest BCUT2D eigenvalue weighted by Gasteiger charge is 2.43. The molecule has 0 unspecified atom stereocenters. The average Bonchev–Trinajstić information content (AvgIpc) is 3.23. The molecule has 0 atom stereocenters. The van der Waals surface area contributed by atoms with Gasteiger partial charge in [-0.2, -0.15) is 4.99 Å². The molecule has 2 aromatic rings. The molecule has 1 saturated heterocycles. The van der Waals surface area contributed by atoms with Crippen molar-refractivity contribution < 1.29 is 18.3 Å². The molecular weight excluding hydrogens is 368 g/mol. The van der Waals surface area contributed by atoms with Gasteiger partial charge in [-0.1, -0.05) is 0 Å². The minimum atomic E-state index is -3.62. The normalized spacial score (nSPS) is 18.8. The molecule has 1 fully saturated rings. The molecule has 3 heterocycles. The average molecular weight is 383 g/mol. The summed E-state index contributed by atoms with van der Waals surface area (Å²) in [5, 5.41) is 0.556. The summed E-state index contributed by atoms with van der Waals surface area (Å²) in [4.78, 5) is 8.39. The third-order valence-corrected chi connectivity index (χ3v) is 5.25. The molecule has 5 nitrogen and oxygen atoms in total. The number of aromatic nitrogens is 1. The second-order valence-electron chi connectivity index (χ2n) is 5.88. The Balaban J connectivity index is 1.71. The first-order valence-electron chi connectivity index (χ1n) is 7.84. The van der Waals surface area contributed by atoms with E-state index in [2.05, 4.69) is 19.4 Å². The quantitative estimate of drug-likeness (QED) is 0.707. The first-order valence-corrected chi connectivity index (χ1v) is 9.07. The molecule has 4 rings (SSSR count). The summed E-state index contributed by atoms with van der Waals surface area (Å²) in [6, 6.07) is 4.67. The van der Waals surface area contributed by atoms with Gasteiger partial charge in [0.2, 0.25) is 0 Å². The molecule has 0 N–H and O–H groups in total. The Morgan fingerprint density at radius 3 is 2.72 bits per heavy atom. The Labute approximate surface area is 152 Å². The number of fused-ring (bicyclic) bond motifs is 1. The van der Waals surface area contributed by atoms with Crippen molar-refractivity contribution in [1.82, 2.24) is 9.47 Å². The number of benzene rings is 1. The molecule has 132 valence electrons. The zero-order chi connectivity index (χ0) is 17.6. The van der Waals surface area contributed by atoms with Crippen molar-refractivity contribution in [3.05, 3.63) is 34.1 Å². The second-order valence-corrected chi connectivity index (χ2v) is 7.46. The Bertz CT molecular complexity index is 901. The van der Waals surface area contributed by atoms with Crippen LogP contribution in [0.3, 0.4) is 0 Å². The van der Waals surface area contributed by atoms with Gasteiger partial charge >= 0.3 is 6.29 Å². The van der Waals surface area contributed by atoms with E-state index in [0.717, 1.165) is 30.8 Å². The number of thiocarbonyl (C=S) groups is 1. The van der Waals surface area contributed by atoms with Gasteiger partial charge in [0.25, 0.3) is 0 Å². The fraction of sp³-hybridized carbons (Fsp3) is 0.375. The van der Waals surface area contributed by atoms with Gasteiger partial charge in [0.15, 0.2) is 21.4 Å². The molecule has 0 saturated carbocycles. The van der Waals surface area contributed by atoms with Gasteiger partial charge in [-0.05, 0) is 44.1 Å². The van der Waals surface area contributed by atoms with Crippen molar-refractivity contribution >= 4 is 28.7 Å². The number of halogens is 2. The number of hydrogen-bond acceptors (Lipinski definition) is 4. The van der Waals surface area contributed by atoms with Crippen LogP contribution in [0.5, 0.6) is 11.5 Å². The van der Waals surface area contributed by atoms with Gasteiger partial charge in [-0.3, -0.25) is 4.57 Å². The van der Waals surface area contributed by atoms with Gasteiger partial charge in [0.05, 0.1) is 5.69 Å².